The second-order valence-electron chi connectivity index (χ2n) is 7.71. The SMILES string of the molecule is COc1ccc(-c2c(N3CCC(NC(=O)Nc4cc(C)ns4)CC3)ccnc2C)cc1. The van der Waals surface area contributed by atoms with E-state index in [4.69, 9.17) is 4.74 Å². The van der Waals surface area contributed by atoms with Crippen LogP contribution in [-0.4, -0.2) is 41.6 Å². The summed E-state index contributed by atoms with van der Waals surface area (Å²) in [7, 11) is 1.67. The van der Waals surface area contributed by atoms with Crippen LogP contribution in [0.1, 0.15) is 24.2 Å². The van der Waals surface area contributed by atoms with Gasteiger partial charge in [0.25, 0.3) is 0 Å². The van der Waals surface area contributed by atoms with Gasteiger partial charge >= 0.3 is 6.03 Å². The molecule has 1 saturated heterocycles. The standard InChI is InChI=1S/C23H27N5O2S/c1-15-14-21(31-27-15)26-23(29)25-18-9-12-28(13-10-18)20-8-11-24-16(2)22(20)17-4-6-19(30-3)7-5-17/h4-8,11,14,18H,9-10,12-13H2,1-3H3,(H2,25,26,29). The minimum absolute atomic E-state index is 0.151. The first kappa shape index (κ1) is 21.1. The minimum atomic E-state index is -0.166. The maximum Gasteiger partial charge on any atom is 0.320 e. The van der Waals surface area contributed by atoms with E-state index < -0.39 is 0 Å². The predicted molar refractivity (Wildman–Crippen MR) is 125 cm³/mol. The van der Waals surface area contributed by atoms with E-state index >= 15 is 0 Å². The molecule has 2 aromatic heterocycles. The summed E-state index contributed by atoms with van der Waals surface area (Å²) in [5.41, 5.74) is 5.37. The first-order valence-electron chi connectivity index (χ1n) is 10.4. The highest BCUT2D eigenvalue weighted by Gasteiger charge is 2.23. The van der Waals surface area contributed by atoms with Gasteiger partial charge in [0, 0.05) is 42.3 Å². The maximum atomic E-state index is 12.3. The molecule has 7 nitrogen and oxygen atoms in total. The number of nitrogens with one attached hydrogen (secondary N) is 2. The number of anilines is 2. The maximum absolute atomic E-state index is 12.3. The zero-order valence-electron chi connectivity index (χ0n) is 18.0. The summed E-state index contributed by atoms with van der Waals surface area (Å²) in [5.74, 6) is 0.838. The van der Waals surface area contributed by atoms with Crippen molar-refractivity contribution >= 4 is 28.3 Å². The third-order valence-electron chi connectivity index (χ3n) is 5.53. The normalized spacial score (nSPS) is 14.4. The number of hydrogen-bond acceptors (Lipinski definition) is 6. The summed E-state index contributed by atoms with van der Waals surface area (Å²) in [6.45, 7) is 5.70. The Balaban J connectivity index is 1.41. The second-order valence-corrected chi connectivity index (χ2v) is 8.52. The van der Waals surface area contributed by atoms with Gasteiger partial charge in [-0.1, -0.05) is 12.1 Å². The molecule has 1 aliphatic rings. The lowest BCUT2D eigenvalue weighted by molar-refractivity contribution is 0.246. The van der Waals surface area contributed by atoms with E-state index in [1.807, 2.05) is 38.2 Å². The Morgan fingerprint density at radius 1 is 1.16 bits per heavy atom. The number of nitrogens with zero attached hydrogens (tertiary/aromatic N) is 3. The Kier molecular flexibility index (Phi) is 6.36. The zero-order valence-corrected chi connectivity index (χ0v) is 18.8. The van der Waals surface area contributed by atoms with Crippen LogP contribution in [0.15, 0.2) is 42.6 Å². The summed E-state index contributed by atoms with van der Waals surface area (Å²) in [5, 5.41) is 6.74. The number of amides is 2. The van der Waals surface area contributed by atoms with Gasteiger partial charge in [-0.2, -0.15) is 4.37 Å². The van der Waals surface area contributed by atoms with Gasteiger partial charge in [-0.25, -0.2) is 4.79 Å². The van der Waals surface area contributed by atoms with Crippen molar-refractivity contribution in [3.63, 3.8) is 0 Å². The van der Waals surface area contributed by atoms with Crippen LogP contribution in [0.3, 0.4) is 0 Å². The lowest BCUT2D eigenvalue weighted by atomic mass is 9.98. The Morgan fingerprint density at radius 3 is 2.55 bits per heavy atom. The fraction of sp³-hybridized carbons (Fsp3) is 0.348. The van der Waals surface area contributed by atoms with Crippen LogP contribution in [-0.2, 0) is 0 Å². The van der Waals surface area contributed by atoms with E-state index in [1.54, 1.807) is 7.11 Å². The molecule has 162 valence electrons. The average molecular weight is 438 g/mol. The van der Waals surface area contributed by atoms with Crippen molar-refractivity contribution in [1.82, 2.24) is 14.7 Å². The van der Waals surface area contributed by atoms with Gasteiger partial charge in [0.05, 0.1) is 12.8 Å². The first-order valence-corrected chi connectivity index (χ1v) is 11.2. The monoisotopic (exact) mass is 437 g/mol. The molecule has 2 amide bonds. The van der Waals surface area contributed by atoms with Crippen LogP contribution in [0.4, 0.5) is 15.5 Å². The highest BCUT2D eigenvalue weighted by atomic mass is 32.1. The minimum Gasteiger partial charge on any atom is -0.497 e. The lowest BCUT2D eigenvalue weighted by Crippen LogP contribution is -2.46. The molecular weight excluding hydrogens is 410 g/mol. The molecular formula is C23H27N5O2S. The summed E-state index contributed by atoms with van der Waals surface area (Å²) < 4.78 is 9.49. The second kappa shape index (κ2) is 9.34. The van der Waals surface area contributed by atoms with E-state index in [1.165, 1.54) is 17.2 Å². The topological polar surface area (TPSA) is 79.4 Å². The van der Waals surface area contributed by atoms with E-state index in [2.05, 4.69) is 43.1 Å². The molecule has 1 aromatic carbocycles. The molecule has 8 heteroatoms. The average Bonchev–Trinajstić information content (AvgIpc) is 3.18. The number of urea groups is 1. The van der Waals surface area contributed by atoms with Crippen LogP contribution < -0.4 is 20.3 Å². The van der Waals surface area contributed by atoms with Crippen LogP contribution in [0.5, 0.6) is 5.75 Å². The van der Waals surface area contributed by atoms with E-state index in [-0.39, 0.29) is 12.1 Å². The van der Waals surface area contributed by atoms with Crippen molar-refractivity contribution in [2.75, 3.05) is 30.4 Å². The number of ether oxygens (including phenoxy) is 1. The first-order chi connectivity index (χ1) is 15.0. The van der Waals surface area contributed by atoms with Gasteiger partial charge in [0.1, 0.15) is 10.8 Å². The van der Waals surface area contributed by atoms with E-state index in [9.17, 15) is 4.79 Å². The summed E-state index contributed by atoms with van der Waals surface area (Å²) in [4.78, 5) is 19.2. The number of methoxy groups -OCH3 is 1. The number of carbonyl (C=O) groups excluding carboxylic acids is 1. The number of piperidine rings is 1. The van der Waals surface area contributed by atoms with Gasteiger partial charge in [-0.05, 0) is 68.1 Å². The van der Waals surface area contributed by atoms with E-state index in [0.29, 0.717) is 0 Å². The molecule has 1 aliphatic heterocycles. The van der Waals surface area contributed by atoms with Crippen molar-refractivity contribution in [3.05, 3.63) is 54.0 Å². The van der Waals surface area contributed by atoms with Crippen LogP contribution >= 0.6 is 11.5 Å². The van der Waals surface area contributed by atoms with Gasteiger partial charge in [0.2, 0.25) is 0 Å². The summed E-state index contributed by atoms with van der Waals surface area (Å²) >= 11 is 1.30. The molecule has 0 unspecified atom stereocenters. The van der Waals surface area contributed by atoms with Gasteiger partial charge < -0.3 is 15.0 Å². The summed E-state index contributed by atoms with van der Waals surface area (Å²) in [6.07, 6.45) is 3.64. The Morgan fingerprint density at radius 2 is 1.90 bits per heavy atom. The number of hydrogen-bond donors (Lipinski definition) is 2. The predicted octanol–water partition coefficient (Wildman–Crippen LogP) is 4.62. The quantitative estimate of drug-likeness (QED) is 0.609. The molecule has 0 aliphatic carbocycles. The fourth-order valence-electron chi connectivity index (χ4n) is 3.95. The molecule has 0 atom stereocenters. The molecule has 3 heterocycles. The molecule has 1 fully saturated rings. The third kappa shape index (κ3) is 4.96. The van der Waals surface area contributed by atoms with Crippen molar-refractivity contribution in [2.24, 2.45) is 0 Å². The smallest absolute Gasteiger partial charge is 0.320 e. The fourth-order valence-corrected chi connectivity index (χ4v) is 4.61. The van der Waals surface area contributed by atoms with Crippen molar-refractivity contribution in [3.8, 4) is 16.9 Å². The largest absolute Gasteiger partial charge is 0.497 e. The van der Waals surface area contributed by atoms with Crippen molar-refractivity contribution in [2.45, 2.75) is 32.7 Å². The molecule has 0 radical (unpaired) electrons. The Hall–Kier alpha value is -3.13. The van der Waals surface area contributed by atoms with Gasteiger partial charge in [-0.3, -0.25) is 10.3 Å². The number of aryl methyl sites for hydroxylation is 2. The lowest BCUT2D eigenvalue weighted by Gasteiger charge is -2.35. The number of pyridine rings is 1. The van der Waals surface area contributed by atoms with Gasteiger partial charge in [0.15, 0.2) is 0 Å². The van der Waals surface area contributed by atoms with Crippen LogP contribution in [0.25, 0.3) is 11.1 Å². The summed E-state index contributed by atoms with van der Waals surface area (Å²) in [6, 6.07) is 12.0. The number of carbonyl (C=O) groups is 1. The molecule has 0 bridgehead atoms. The molecule has 4 rings (SSSR count). The van der Waals surface area contributed by atoms with E-state index in [0.717, 1.165) is 59.2 Å². The van der Waals surface area contributed by atoms with Gasteiger partial charge in [-0.15, -0.1) is 0 Å². The van der Waals surface area contributed by atoms with Crippen LogP contribution in [0, 0.1) is 13.8 Å². The van der Waals surface area contributed by atoms with Crippen molar-refractivity contribution < 1.29 is 9.53 Å². The highest BCUT2D eigenvalue weighted by molar-refractivity contribution is 7.10. The highest BCUT2D eigenvalue weighted by Crippen LogP contribution is 2.35. The Bertz CT molecular complexity index is 1040. The Labute approximate surface area is 186 Å². The molecule has 2 N–H and O–H groups in total. The zero-order chi connectivity index (χ0) is 21.8. The number of benzene rings is 1. The molecule has 31 heavy (non-hydrogen) atoms. The molecule has 0 spiro atoms. The molecule has 3 aromatic rings. The molecule has 0 saturated carbocycles. The van der Waals surface area contributed by atoms with Crippen molar-refractivity contribution in [1.29, 1.82) is 0 Å². The third-order valence-corrected chi connectivity index (χ3v) is 6.33. The number of aromatic nitrogens is 2. The number of rotatable bonds is 5. The van der Waals surface area contributed by atoms with Crippen LogP contribution in [0.2, 0.25) is 0 Å².